The van der Waals surface area contributed by atoms with Gasteiger partial charge in [-0.3, -0.25) is 14.2 Å². The van der Waals surface area contributed by atoms with Gasteiger partial charge in [0, 0.05) is 24.5 Å². The van der Waals surface area contributed by atoms with Crippen LogP contribution in [0.1, 0.15) is 43.3 Å². The molecule has 2 aromatic heterocycles. The average molecular weight is 546 g/mol. The van der Waals surface area contributed by atoms with Gasteiger partial charge in [0.1, 0.15) is 28.8 Å². The summed E-state index contributed by atoms with van der Waals surface area (Å²) in [6.07, 6.45) is 1.21. The fourth-order valence-electron chi connectivity index (χ4n) is 4.53. The molecule has 0 saturated heterocycles. The van der Waals surface area contributed by atoms with E-state index in [1.54, 1.807) is 24.3 Å². The lowest BCUT2D eigenvalue weighted by atomic mass is 9.93. The molecule has 0 unspecified atom stereocenters. The van der Waals surface area contributed by atoms with Crippen LogP contribution in [-0.2, 0) is 16.8 Å². The highest BCUT2D eigenvalue weighted by atomic mass is 19.1. The van der Waals surface area contributed by atoms with E-state index >= 15 is 0 Å². The van der Waals surface area contributed by atoms with Gasteiger partial charge in [0.05, 0.1) is 16.6 Å². The van der Waals surface area contributed by atoms with Crippen molar-refractivity contribution in [2.75, 3.05) is 0 Å². The van der Waals surface area contributed by atoms with Gasteiger partial charge in [-0.1, -0.05) is 23.4 Å². The monoisotopic (exact) mass is 545 g/mol. The van der Waals surface area contributed by atoms with Crippen LogP contribution in [0.5, 0.6) is 0 Å². The number of benzene rings is 3. The van der Waals surface area contributed by atoms with Crippen LogP contribution in [0.25, 0.3) is 27.8 Å². The molecule has 0 bridgehead atoms. The summed E-state index contributed by atoms with van der Waals surface area (Å²) < 4.78 is 33.8. The van der Waals surface area contributed by atoms with E-state index < -0.39 is 23.2 Å². The minimum Gasteiger partial charge on any atom is -0.481 e. The first-order valence-electron chi connectivity index (χ1n) is 12.6. The minimum absolute atomic E-state index is 0.00526. The standard InChI is InChI=1S/C30H25F2N3O5/c1-30(39,19-7-9-20(31)10-8-19)26-17-24(34-40-26)18-6-15-23-25(16-18)33-27(4-2-3-5-28(36)37)35(29(23)38)22-13-11-21(32)12-14-22/h6-17,39H,2-5H2,1H3,(H,36,37)/t30-/m0/s1. The lowest BCUT2D eigenvalue weighted by molar-refractivity contribution is -0.137. The van der Waals surface area contributed by atoms with Crippen molar-refractivity contribution in [1.29, 1.82) is 0 Å². The number of unbranched alkanes of at least 4 members (excludes halogenated alkanes) is 1. The van der Waals surface area contributed by atoms with Crippen LogP contribution in [-0.4, -0.2) is 30.9 Å². The second-order valence-electron chi connectivity index (χ2n) is 9.63. The Morgan fingerprint density at radius 2 is 1.65 bits per heavy atom. The number of aliphatic hydroxyl groups is 1. The average Bonchev–Trinajstić information content (AvgIpc) is 3.43. The summed E-state index contributed by atoms with van der Waals surface area (Å²) in [4.78, 5) is 29.2. The Kier molecular flexibility index (Phi) is 7.27. The molecule has 5 rings (SSSR count). The molecule has 0 aliphatic rings. The molecule has 5 aromatic rings. The Labute approximate surface area is 227 Å². The van der Waals surface area contributed by atoms with E-state index in [0.29, 0.717) is 58.5 Å². The fraction of sp³-hybridized carbons (Fsp3) is 0.200. The van der Waals surface area contributed by atoms with Crippen LogP contribution in [0.15, 0.2) is 82.1 Å². The van der Waals surface area contributed by atoms with E-state index in [2.05, 4.69) is 5.16 Å². The van der Waals surface area contributed by atoms with Crippen LogP contribution in [0.2, 0.25) is 0 Å². The number of aryl methyl sites for hydroxylation is 1. The quantitative estimate of drug-likeness (QED) is 0.239. The number of carboxylic acid groups (broad SMARTS) is 1. The highest BCUT2D eigenvalue weighted by molar-refractivity contribution is 5.83. The number of rotatable bonds is 9. The Balaban J connectivity index is 1.54. The third-order valence-electron chi connectivity index (χ3n) is 6.76. The third-order valence-corrected chi connectivity index (χ3v) is 6.76. The molecule has 0 radical (unpaired) electrons. The van der Waals surface area contributed by atoms with E-state index in [1.165, 1.54) is 60.0 Å². The van der Waals surface area contributed by atoms with E-state index in [1.807, 2.05) is 0 Å². The molecule has 3 aromatic carbocycles. The summed E-state index contributed by atoms with van der Waals surface area (Å²) in [7, 11) is 0. The number of carbonyl (C=O) groups is 1. The van der Waals surface area contributed by atoms with Gasteiger partial charge in [0.15, 0.2) is 5.76 Å². The molecule has 0 fully saturated rings. The molecule has 0 amide bonds. The molecule has 10 heteroatoms. The van der Waals surface area contributed by atoms with Crippen molar-refractivity contribution in [1.82, 2.24) is 14.7 Å². The topological polar surface area (TPSA) is 118 Å². The number of halogens is 2. The molecule has 2 heterocycles. The summed E-state index contributed by atoms with van der Waals surface area (Å²) in [5, 5.41) is 24.5. The number of fused-ring (bicyclic) bond motifs is 1. The van der Waals surface area contributed by atoms with Gasteiger partial charge in [-0.15, -0.1) is 0 Å². The van der Waals surface area contributed by atoms with E-state index in [4.69, 9.17) is 14.6 Å². The van der Waals surface area contributed by atoms with Gasteiger partial charge in [0.25, 0.3) is 5.56 Å². The van der Waals surface area contributed by atoms with E-state index in [-0.39, 0.29) is 17.7 Å². The molecule has 1 atom stereocenters. The molecule has 8 nitrogen and oxygen atoms in total. The van der Waals surface area contributed by atoms with Gasteiger partial charge in [0.2, 0.25) is 0 Å². The molecular weight excluding hydrogens is 520 g/mol. The summed E-state index contributed by atoms with van der Waals surface area (Å²) in [6.45, 7) is 1.51. The lowest BCUT2D eigenvalue weighted by Gasteiger charge is -2.20. The predicted octanol–water partition coefficient (Wildman–Crippen LogP) is 5.37. The summed E-state index contributed by atoms with van der Waals surface area (Å²) in [5.74, 6) is -1.22. The van der Waals surface area contributed by atoms with E-state index in [0.717, 1.165) is 0 Å². The summed E-state index contributed by atoms with van der Waals surface area (Å²) >= 11 is 0. The smallest absolute Gasteiger partial charge is 0.303 e. The largest absolute Gasteiger partial charge is 0.481 e. The Morgan fingerprint density at radius 3 is 2.33 bits per heavy atom. The van der Waals surface area contributed by atoms with Gasteiger partial charge < -0.3 is 14.7 Å². The first-order chi connectivity index (χ1) is 19.1. The zero-order valence-electron chi connectivity index (χ0n) is 21.5. The maximum absolute atomic E-state index is 13.6. The maximum atomic E-state index is 13.6. The Morgan fingerprint density at radius 1 is 0.975 bits per heavy atom. The zero-order chi connectivity index (χ0) is 28.4. The number of aromatic nitrogens is 3. The SMILES string of the molecule is C[C@](O)(c1ccc(F)cc1)c1cc(-c2ccc3c(=O)n(-c4ccc(F)cc4)c(CCCCC(=O)O)nc3c2)no1. The lowest BCUT2D eigenvalue weighted by Crippen LogP contribution is -2.24. The highest BCUT2D eigenvalue weighted by Crippen LogP contribution is 2.32. The van der Waals surface area contributed by atoms with Gasteiger partial charge in [-0.2, -0.15) is 0 Å². The first kappa shape index (κ1) is 26.9. The summed E-state index contributed by atoms with van der Waals surface area (Å²) in [6, 6.07) is 17.4. The van der Waals surface area contributed by atoms with Gasteiger partial charge in [-0.05, 0) is 73.9 Å². The highest BCUT2D eigenvalue weighted by Gasteiger charge is 2.31. The third kappa shape index (κ3) is 5.39. The number of nitrogens with zero attached hydrogens (tertiary/aromatic N) is 3. The molecular formula is C30H25F2N3O5. The number of hydrogen-bond acceptors (Lipinski definition) is 6. The second-order valence-corrected chi connectivity index (χ2v) is 9.63. The van der Waals surface area contributed by atoms with Gasteiger partial charge >= 0.3 is 5.97 Å². The van der Waals surface area contributed by atoms with Crippen molar-refractivity contribution in [3.05, 3.63) is 112 Å². The second kappa shape index (κ2) is 10.8. The van der Waals surface area contributed by atoms with E-state index in [9.17, 15) is 23.5 Å². The molecule has 2 N–H and O–H groups in total. The molecule has 0 saturated carbocycles. The maximum Gasteiger partial charge on any atom is 0.303 e. The molecule has 0 spiro atoms. The fourth-order valence-corrected chi connectivity index (χ4v) is 4.53. The van der Waals surface area contributed by atoms with Crippen molar-refractivity contribution >= 4 is 16.9 Å². The minimum atomic E-state index is -1.57. The van der Waals surface area contributed by atoms with Gasteiger partial charge in [-0.25, -0.2) is 13.8 Å². The van der Waals surface area contributed by atoms with Crippen LogP contribution in [0.3, 0.4) is 0 Å². The van der Waals surface area contributed by atoms with Crippen LogP contribution in [0, 0.1) is 11.6 Å². The molecule has 40 heavy (non-hydrogen) atoms. The van der Waals surface area contributed by atoms with Crippen molar-refractivity contribution in [2.24, 2.45) is 0 Å². The summed E-state index contributed by atoms with van der Waals surface area (Å²) in [5.41, 5.74) is 0.320. The van der Waals surface area contributed by atoms with Crippen LogP contribution < -0.4 is 5.56 Å². The van der Waals surface area contributed by atoms with Crippen molar-refractivity contribution in [2.45, 2.75) is 38.2 Å². The van der Waals surface area contributed by atoms with Crippen molar-refractivity contribution in [3.8, 4) is 16.9 Å². The first-order valence-corrected chi connectivity index (χ1v) is 12.6. The predicted molar refractivity (Wildman–Crippen MR) is 143 cm³/mol. The zero-order valence-corrected chi connectivity index (χ0v) is 21.5. The normalized spacial score (nSPS) is 12.9. The van der Waals surface area contributed by atoms with Crippen molar-refractivity contribution in [3.63, 3.8) is 0 Å². The number of carboxylic acids is 1. The Bertz CT molecular complexity index is 1740. The Hall–Kier alpha value is -4.70. The van der Waals surface area contributed by atoms with Crippen LogP contribution in [0.4, 0.5) is 8.78 Å². The van der Waals surface area contributed by atoms with Crippen LogP contribution >= 0.6 is 0 Å². The van der Waals surface area contributed by atoms with Crippen molar-refractivity contribution < 1.29 is 28.3 Å². The molecule has 204 valence electrons. The number of aliphatic carboxylic acids is 1. The number of hydrogen-bond donors (Lipinski definition) is 2. The molecule has 0 aliphatic heterocycles. The molecule has 0 aliphatic carbocycles.